The summed E-state index contributed by atoms with van der Waals surface area (Å²) in [6, 6.07) is 24.8. The highest BCUT2D eigenvalue weighted by molar-refractivity contribution is 7.98. The zero-order valence-electron chi connectivity index (χ0n) is 30.0. The minimum absolute atomic E-state index is 0.0641. The van der Waals surface area contributed by atoms with Gasteiger partial charge in [0, 0.05) is 65.1 Å². The van der Waals surface area contributed by atoms with Gasteiger partial charge in [0.05, 0.1) is 5.52 Å². The van der Waals surface area contributed by atoms with Crippen LogP contribution in [0.25, 0.3) is 22.2 Å². The number of ketones is 1. The Morgan fingerprint density at radius 3 is 2.16 bits per heavy atom. The Kier molecular flexibility index (Phi) is 14.3. The Morgan fingerprint density at radius 1 is 0.918 bits per heavy atom. The fourth-order valence-corrected chi connectivity index (χ4v) is 7.34. The van der Waals surface area contributed by atoms with Crippen LogP contribution in [0.4, 0.5) is 10.2 Å². The Bertz CT molecular complexity index is 1790. The Hall–Kier alpha value is -3.68. The lowest BCUT2D eigenvalue weighted by Crippen LogP contribution is -2.12. The number of Topliss-reactive ketones (excluding diaryl/α,β-unsaturated/α-hetero) is 1. The normalized spacial score (nSPS) is 15.5. The quantitative estimate of drug-likeness (QED) is 0.119. The van der Waals surface area contributed by atoms with Crippen LogP contribution in [-0.4, -0.2) is 40.2 Å². The van der Waals surface area contributed by atoms with Crippen molar-refractivity contribution in [1.29, 1.82) is 0 Å². The maximum atomic E-state index is 13.9. The molecule has 5 aromatic rings. The molecule has 3 aromatic carbocycles. The molecule has 0 unspecified atom stereocenters. The number of para-hydroxylation sites is 1. The van der Waals surface area contributed by atoms with Crippen molar-refractivity contribution >= 4 is 45.9 Å². The second-order valence-electron chi connectivity index (χ2n) is 13.2. The van der Waals surface area contributed by atoms with Crippen LogP contribution in [0.15, 0.2) is 78.9 Å². The second kappa shape index (κ2) is 18.4. The SMILES string of the molecule is CC(=O)c1cc(-c2ccccc2)n(CCSCc2c(F)cccc2Cl)c1C.CC1CCC(C)CC1.Cc1nc(N(C)C)c2ccccc2n1. The van der Waals surface area contributed by atoms with Crippen molar-refractivity contribution < 1.29 is 9.18 Å². The van der Waals surface area contributed by atoms with Crippen molar-refractivity contribution in [2.24, 2.45) is 11.8 Å². The first-order valence-corrected chi connectivity index (χ1v) is 18.7. The summed E-state index contributed by atoms with van der Waals surface area (Å²) in [5.74, 6) is 4.94. The summed E-state index contributed by atoms with van der Waals surface area (Å²) < 4.78 is 16.1. The fourth-order valence-electron chi connectivity index (χ4n) is 6.08. The zero-order chi connectivity index (χ0) is 35.5. The van der Waals surface area contributed by atoms with Gasteiger partial charge in [0.15, 0.2) is 5.78 Å². The van der Waals surface area contributed by atoms with Gasteiger partial charge in [-0.2, -0.15) is 11.8 Å². The lowest BCUT2D eigenvalue weighted by atomic mass is 9.84. The van der Waals surface area contributed by atoms with Gasteiger partial charge in [0.25, 0.3) is 0 Å². The molecule has 2 aromatic heterocycles. The van der Waals surface area contributed by atoms with Gasteiger partial charge in [0.2, 0.25) is 0 Å². The van der Waals surface area contributed by atoms with Crippen molar-refractivity contribution in [3.8, 4) is 11.3 Å². The second-order valence-corrected chi connectivity index (χ2v) is 14.7. The maximum Gasteiger partial charge on any atom is 0.161 e. The largest absolute Gasteiger partial charge is 0.362 e. The van der Waals surface area contributed by atoms with E-state index >= 15 is 0 Å². The highest BCUT2D eigenvalue weighted by Crippen LogP contribution is 2.29. The van der Waals surface area contributed by atoms with Crippen LogP contribution < -0.4 is 4.90 Å². The molecule has 0 radical (unpaired) electrons. The van der Waals surface area contributed by atoms with Crippen molar-refractivity contribution in [2.45, 2.75) is 72.6 Å². The smallest absolute Gasteiger partial charge is 0.161 e. The number of hydrogen-bond donors (Lipinski definition) is 0. The lowest BCUT2D eigenvalue weighted by Gasteiger charge is -2.22. The molecule has 0 bridgehead atoms. The molecule has 1 aliphatic carbocycles. The molecule has 5 nitrogen and oxygen atoms in total. The van der Waals surface area contributed by atoms with Crippen LogP contribution in [0.5, 0.6) is 0 Å². The predicted octanol–water partition coefficient (Wildman–Crippen LogP) is 11.2. The molecule has 0 spiro atoms. The van der Waals surface area contributed by atoms with E-state index in [2.05, 4.69) is 28.4 Å². The minimum Gasteiger partial charge on any atom is -0.362 e. The van der Waals surface area contributed by atoms with Gasteiger partial charge >= 0.3 is 0 Å². The molecule has 260 valence electrons. The number of fused-ring (bicyclic) bond motifs is 1. The van der Waals surface area contributed by atoms with Crippen LogP contribution in [-0.2, 0) is 12.3 Å². The van der Waals surface area contributed by atoms with Crippen molar-refractivity contribution in [3.05, 3.63) is 112 Å². The number of halogens is 2. The lowest BCUT2D eigenvalue weighted by molar-refractivity contribution is 0.101. The van der Waals surface area contributed by atoms with E-state index in [9.17, 15) is 9.18 Å². The minimum atomic E-state index is -0.268. The van der Waals surface area contributed by atoms with Gasteiger partial charge in [-0.25, -0.2) is 14.4 Å². The monoisotopic (exact) mass is 700 g/mol. The Labute approximate surface area is 301 Å². The summed E-state index contributed by atoms with van der Waals surface area (Å²) in [4.78, 5) is 22.8. The zero-order valence-corrected chi connectivity index (χ0v) is 31.5. The Morgan fingerprint density at radius 2 is 1.55 bits per heavy atom. The summed E-state index contributed by atoms with van der Waals surface area (Å²) >= 11 is 7.73. The van der Waals surface area contributed by atoms with E-state index in [4.69, 9.17) is 11.6 Å². The van der Waals surface area contributed by atoms with Crippen LogP contribution >= 0.6 is 23.4 Å². The van der Waals surface area contributed by atoms with E-state index in [1.54, 1.807) is 30.8 Å². The number of aryl methyl sites for hydroxylation is 1. The fraction of sp³-hybridized carbons (Fsp3) is 0.390. The first-order chi connectivity index (χ1) is 23.5. The third-order valence-corrected chi connectivity index (χ3v) is 10.3. The number of anilines is 1. The number of carbonyl (C=O) groups excluding carboxylic acids is 1. The summed E-state index contributed by atoms with van der Waals surface area (Å²) in [6.45, 7) is 11.0. The number of thioether (sulfide) groups is 1. The molecule has 0 amide bonds. The average Bonchev–Trinajstić information content (AvgIpc) is 3.42. The number of rotatable bonds is 8. The molecule has 6 rings (SSSR count). The molecule has 8 heteroatoms. The first kappa shape index (κ1) is 38.1. The third kappa shape index (κ3) is 10.7. The van der Waals surface area contributed by atoms with E-state index in [-0.39, 0.29) is 11.6 Å². The molecular formula is C41H50ClFN4OS. The molecule has 0 N–H and O–H groups in total. The van der Waals surface area contributed by atoms with E-state index < -0.39 is 0 Å². The van der Waals surface area contributed by atoms with Gasteiger partial charge in [-0.1, -0.05) is 99.7 Å². The van der Waals surface area contributed by atoms with Gasteiger partial charge in [0.1, 0.15) is 17.5 Å². The topological polar surface area (TPSA) is 51.0 Å². The molecule has 0 saturated heterocycles. The summed E-state index contributed by atoms with van der Waals surface area (Å²) in [5, 5.41) is 1.56. The number of aromatic nitrogens is 3. The highest BCUT2D eigenvalue weighted by Gasteiger charge is 2.16. The van der Waals surface area contributed by atoms with Gasteiger partial charge in [-0.05, 0) is 68.5 Å². The summed E-state index contributed by atoms with van der Waals surface area (Å²) in [6.07, 6.45) is 5.89. The van der Waals surface area contributed by atoms with Crippen LogP contribution in [0.2, 0.25) is 5.02 Å². The highest BCUT2D eigenvalue weighted by atomic mass is 35.5. The third-order valence-electron chi connectivity index (χ3n) is 9.01. The van der Waals surface area contributed by atoms with Crippen molar-refractivity contribution in [1.82, 2.24) is 14.5 Å². The first-order valence-electron chi connectivity index (χ1n) is 17.1. The molecular weight excluding hydrogens is 651 g/mol. The standard InChI is InChI=1S/C22H21ClFNOS.C11H13N3.C8H16/c1-15-18(16(2)26)13-22(17-7-4-3-5-8-17)25(15)11-12-27-14-19-20(23)9-6-10-21(19)24;1-8-12-10-7-5-4-6-9(10)11(13-8)14(2)3;1-7-3-5-8(2)6-4-7/h3-10,13H,11-12,14H2,1-2H3;4-7H,1-3H3;7-8H,3-6H2,1-2H3. The molecule has 1 saturated carbocycles. The van der Waals surface area contributed by atoms with E-state index in [0.29, 0.717) is 16.3 Å². The van der Waals surface area contributed by atoms with Crippen molar-refractivity contribution in [3.63, 3.8) is 0 Å². The molecule has 49 heavy (non-hydrogen) atoms. The van der Waals surface area contributed by atoms with Gasteiger partial charge < -0.3 is 9.47 Å². The number of hydrogen-bond acceptors (Lipinski definition) is 5. The molecule has 2 heterocycles. The summed E-state index contributed by atoms with van der Waals surface area (Å²) in [7, 11) is 3.99. The maximum absolute atomic E-state index is 13.9. The van der Waals surface area contributed by atoms with Crippen LogP contribution in [0.1, 0.15) is 73.9 Å². The summed E-state index contributed by atoms with van der Waals surface area (Å²) in [5.41, 5.74) is 5.37. The van der Waals surface area contributed by atoms with Gasteiger partial charge in [-0.15, -0.1) is 0 Å². The Balaban J connectivity index is 0.000000202. The van der Waals surface area contributed by atoms with E-state index in [1.807, 2.05) is 93.5 Å². The molecule has 0 aliphatic heterocycles. The van der Waals surface area contributed by atoms with Gasteiger partial charge in [-0.3, -0.25) is 4.79 Å². The molecule has 1 aliphatic rings. The van der Waals surface area contributed by atoms with Crippen LogP contribution in [0.3, 0.4) is 0 Å². The van der Waals surface area contributed by atoms with E-state index in [1.165, 1.54) is 31.7 Å². The predicted molar refractivity (Wildman–Crippen MR) is 208 cm³/mol. The average molecular weight is 701 g/mol. The van der Waals surface area contributed by atoms with Crippen LogP contribution in [0, 0.1) is 31.5 Å². The molecule has 0 atom stereocenters. The number of nitrogens with zero attached hydrogens (tertiary/aromatic N) is 4. The number of carbonyl (C=O) groups is 1. The number of benzene rings is 3. The van der Waals surface area contributed by atoms with E-state index in [0.717, 1.165) is 69.2 Å². The van der Waals surface area contributed by atoms with Crippen molar-refractivity contribution in [2.75, 3.05) is 24.7 Å². The molecule has 1 fully saturated rings.